The van der Waals surface area contributed by atoms with Crippen molar-refractivity contribution in [2.45, 2.75) is 39.7 Å². The number of hydrogen-bond acceptors (Lipinski definition) is 7. The lowest BCUT2D eigenvalue weighted by Crippen LogP contribution is -2.42. The van der Waals surface area contributed by atoms with E-state index in [4.69, 9.17) is 4.74 Å². The third-order valence-electron chi connectivity index (χ3n) is 2.30. The van der Waals surface area contributed by atoms with Crippen LogP contribution in [-0.4, -0.2) is 49.7 Å². The minimum Gasteiger partial charge on any atom is -0.464 e. The number of carbonyl (C=O) groups excluding carboxylic acids is 4. The maximum Gasteiger partial charge on any atom is 0.407 e. The lowest BCUT2D eigenvalue weighted by Gasteiger charge is -2.16. The van der Waals surface area contributed by atoms with E-state index in [1.54, 1.807) is 20.8 Å². The van der Waals surface area contributed by atoms with Gasteiger partial charge in [0.05, 0.1) is 19.8 Å². The molecule has 0 heterocycles. The van der Waals surface area contributed by atoms with E-state index in [1.165, 1.54) is 0 Å². The molecular formula is C13H21NO7. The van der Waals surface area contributed by atoms with Crippen molar-refractivity contribution in [2.75, 3.05) is 19.8 Å². The molecule has 0 spiro atoms. The van der Waals surface area contributed by atoms with Gasteiger partial charge >= 0.3 is 18.0 Å². The van der Waals surface area contributed by atoms with E-state index in [9.17, 15) is 19.2 Å². The first-order chi connectivity index (χ1) is 9.96. The molecule has 1 atom stereocenters. The van der Waals surface area contributed by atoms with Crippen LogP contribution in [0.15, 0.2) is 0 Å². The second-order valence-corrected chi connectivity index (χ2v) is 3.85. The van der Waals surface area contributed by atoms with Crippen LogP contribution in [0, 0.1) is 0 Å². The number of ketones is 1. The minimum atomic E-state index is -1.05. The third-order valence-corrected chi connectivity index (χ3v) is 2.30. The van der Waals surface area contributed by atoms with Gasteiger partial charge in [-0.3, -0.25) is 4.79 Å². The third kappa shape index (κ3) is 7.91. The van der Waals surface area contributed by atoms with Gasteiger partial charge in [0.25, 0.3) is 0 Å². The van der Waals surface area contributed by atoms with Crippen LogP contribution in [0.2, 0.25) is 0 Å². The van der Waals surface area contributed by atoms with Gasteiger partial charge in [-0.1, -0.05) is 0 Å². The zero-order chi connectivity index (χ0) is 16.3. The molecule has 1 N–H and O–H groups in total. The fourth-order valence-corrected chi connectivity index (χ4v) is 1.40. The van der Waals surface area contributed by atoms with Crippen molar-refractivity contribution in [3.05, 3.63) is 0 Å². The number of rotatable bonds is 9. The van der Waals surface area contributed by atoms with Gasteiger partial charge in [-0.25, -0.2) is 14.4 Å². The van der Waals surface area contributed by atoms with Gasteiger partial charge in [0.1, 0.15) is 6.04 Å². The molecule has 0 saturated heterocycles. The van der Waals surface area contributed by atoms with Gasteiger partial charge in [-0.05, 0) is 27.2 Å². The molecular weight excluding hydrogens is 282 g/mol. The zero-order valence-corrected chi connectivity index (χ0v) is 12.5. The number of hydrogen-bond donors (Lipinski definition) is 1. The highest BCUT2D eigenvalue weighted by Crippen LogP contribution is 2.03. The summed E-state index contributed by atoms with van der Waals surface area (Å²) < 4.78 is 14.0. The molecule has 0 radical (unpaired) electrons. The Hall–Kier alpha value is -2.12. The zero-order valence-electron chi connectivity index (χ0n) is 12.5. The second-order valence-electron chi connectivity index (χ2n) is 3.85. The topological polar surface area (TPSA) is 108 Å². The van der Waals surface area contributed by atoms with E-state index in [1.807, 2.05) is 0 Å². The number of carbonyl (C=O) groups is 4. The van der Waals surface area contributed by atoms with Gasteiger partial charge in [0.15, 0.2) is 0 Å². The first-order valence-corrected chi connectivity index (χ1v) is 6.76. The summed E-state index contributed by atoms with van der Waals surface area (Å²) in [5.41, 5.74) is 0. The van der Waals surface area contributed by atoms with Crippen molar-refractivity contribution in [3.63, 3.8) is 0 Å². The van der Waals surface area contributed by atoms with Crippen molar-refractivity contribution in [2.24, 2.45) is 0 Å². The molecule has 0 aliphatic heterocycles. The van der Waals surface area contributed by atoms with E-state index in [-0.39, 0.29) is 32.7 Å². The molecule has 0 fully saturated rings. The molecule has 0 aliphatic rings. The van der Waals surface area contributed by atoms with Gasteiger partial charge in [-0.2, -0.15) is 0 Å². The monoisotopic (exact) mass is 303 g/mol. The van der Waals surface area contributed by atoms with Crippen molar-refractivity contribution >= 4 is 23.8 Å². The highest BCUT2D eigenvalue weighted by atomic mass is 16.6. The Morgan fingerprint density at radius 1 is 0.905 bits per heavy atom. The van der Waals surface area contributed by atoms with Gasteiger partial charge < -0.3 is 19.5 Å². The van der Waals surface area contributed by atoms with Crippen LogP contribution in [0.4, 0.5) is 4.79 Å². The summed E-state index contributed by atoms with van der Waals surface area (Å²) >= 11 is 0. The fourth-order valence-electron chi connectivity index (χ4n) is 1.40. The Bertz CT molecular complexity index is 381. The first-order valence-electron chi connectivity index (χ1n) is 6.76. The highest BCUT2D eigenvalue weighted by Gasteiger charge is 2.25. The molecule has 8 heteroatoms. The standard InChI is InChI=1S/C13H21NO7/c1-4-19-11(16)9(14-13(18)21-6-3)7-8-10(15)12(17)20-5-2/h9H,4-8H2,1-3H3,(H,14,18). The summed E-state index contributed by atoms with van der Waals surface area (Å²) in [5.74, 6) is -2.42. The summed E-state index contributed by atoms with van der Waals surface area (Å²) in [5, 5.41) is 2.29. The number of alkyl carbamates (subject to hydrolysis) is 1. The van der Waals surface area contributed by atoms with Crippen LogP contribution in [0.1, 0.15) is 33.6 Å². The van der Waals surface area contributed by atoms with E-state index in [2.05, 4.69) is 14.8 Å². The number of ether oxygens (including phenoxy) is 3. The van der Waals surface area contributed by atoms with Crippen molar-refractivity contribution in [1.29, 1.82) is 0 Å². The molecule has 0 aromatic heterocycles. The van der Waals surface area contributed by atoms with Gasteiger partial charge in [0.2, 0.25) is 5.78 Å². The largest absolute Gasteiger partial charge is 0.464 e. The van der Waals surface area contributed by atoms with Crippen LogP contribution in [0.5, 0.6) is 0 Å². The smallest absolute Gasteiger partial charge is 0.407 e. The maximum atomic E-state index is 11.7. The molecule has 21 heavy (non-hydrogen) atoms. The number of esters is 2. The van der Waals surface area contributed by atoms with Crippen molar-refractivity contribution in [3.8, 4) is 0 Å². The van der Waals surface area contributed by atoms with Crippen molar-refractivity contribution in [1.82, 2.24) is 5.32 Å². The van der Waals surface area contributed by atoms with Gasteiger partial charge in [0, 0.05) is 6.42 Å². The second kappa shape index (κ2) is 10.6. The lowest BCUT2D eigenvalue weighted by molar-refractivity contribution is -0.154. The van der Waals surface area contributed by atoms with E-state index >= 15 is 0 Å². The van der Waals surface area contributed by atoms with Crippen LogP contribution in [0.3, 0.4) is 0 Å². The highest BCUT2D eigenvalue weighted by molar-refractivity contribution is 6.33. The Balaban J connectivity index is 4.53. The van der Waals surface area contributed by atoms with Gasteiger partial charge in [-0.15, -0.1) is 0 Å². The Morgan fingerprint density at radius 3 is 2.00 bits per heavy atom. The molecule has 0 bridgehead atoms. The number of amides is 1. The number of Topliss-reactive ketones (excluding diaryl/α,β-unsaturated/α-hetero) is 1. The van der Waals surface area contributed by atoms with Crippen LogP contribution in [0.25, 0.3) is 0 Å². The summed E-state index contributed by atoms with van der Waals surface area (Å²) in [4.78, 5) is 45.6. The molecule has 0 saturated carbocycles. The SMILES string of the molecule is CCOC(=O)NC(CCC(=O)C(=O)OCC)C(=O)OCC. The molecule has 1 unspecified atom stereocenters. The van der Waals surface area contributed by atoms with Crippen LogP contribution in [-0.2, 0) is 28.6 Å². The quantitative estimate of drug-likeness (QED) is 0.377. The normalized spacial score (nSPS) is 11.2. The predicted molar refractivity (Wildman–Crippen MR) is 71.5 cm³/mol. The van der Waals surface area contributed by atoms with E-state index < -0.39 is 29.9 Å². The Morgan fingerprint density at radius 2 is 1.48 bits per heavy atom. The predicted octanol–water partition coefficient (Wildman–Crippen LogP) is 0.577. The maximum absolute atomic E-state index is 11.7. The van der Waals surface area contributed by atoms with Crippen molar-refractivity contribution < 1.29 is 33.4 Å². The minimum absolute atomic E-state index is 0.0741. The lowest BCUT2D eigenvalue weighted by atomic mass is 10.1. The Kier molecular flexibility index (Phi) is 9.57. The summed E-state index contributed by atoms with van der Waals surface area (Å²) in [6.07, 6.45) is -1.11. The van der Waals surface area contributed by atoms with Crippen LogP contribution < -0.4 is 5.32 Å². The average molecular weight is 303 g/mol. The van der Waals surface area contributed by atoms with Crippen LogP contribution >= 0.6 is 0 Å². The molecule has 0 rings (SSSR count). The molecule has 8 nitrogen and oxygen atoms in total. The molecule has 0 aromatic rings. The molecule has 1 amide bonds. The summed E-state index contributed by atoms with van der Waals surface area (Å²) in [6, 6.07) is -1.05. The summed E-state index contributed by atoms with van der Waals surface area (Å²) in [6.45, 7) is 5.17. The average Bonchev–Trinajstić information content (AvgIpc) is 2.43. The fraction of sp³-hybridized carbons (Fsp3) is 0.692. The molecule has 0 aliphatic carbocycles. The first kappa shape index (κ1) is 18.9. The summed E-state index contributed by atoms with van der Waals surface area (Å²) in [7, 11) is 0. The number of nitrogens with one attached hydrogen (secondary N) is 1. The Labute approximate surface area is 123 Å². The van der Waals surface area contributed by atoms with E-state index in [0.29, 0.717) is 0 Å². The van der Waals surface area contributed by atoms with E-state index in [0.717, 1.165) is 0 Å². The molecule has 120 valence electrons. The molecule has 0 aromatic carbocycles.